The summed E-state index contributed by atoms with van der Waals surface area (Å²) in [5.74, 6) is -0.876. The quantitative estimate of drug-likeness (QED) is 0.867. The van der Waals surface area contributed by atoms with Gasteiger partial charge in [0, 0.05) is 17.3 Å². The maximum absolute atomic E-state index is 10.7. The number of benzene rings is 1. The van der Waals surface area contributed by atoms with Crippen molar-refractivity contribution in [3.8, 4) is 0 Å². The SMILES string of the molecule is O=C(O)C1CCC(CNc2ccc(Cl)cc2)O1. The third-order valence-electron chi connectivity index (χ3n) is 2.76. The Kier molecular flexibility index (Phi) is 3.86. The molecule has 1 heterocycles. The molecule has 2 unspecified atom stereocenters. The van der Waals surface area contributed by atoms with E-state index in [0.717, 1.165) is 12.1 Å². The lowest BCUT2D eigenvalue weighted by Gasteiger charge is -2.13. The van der Waals surface area contributed by atoms with Crippen LogP contribution < -0.4 is 5.32 Å². The molecular formula is C12H14ClNO3. The fourth-order valence-corrected chi connectivity index (χ4v) is 1.96. The Bertz CT molecular complexity index is 393. The van der Waals surface area contributed by atoms with Crippen molar-refractivity contribution < 1.29 is 14.6 Å². The second-order valence-electron chi connectivity index (χ2n) is 4.05. The minimum absolute atomic E-state index is 0.0354. The number of nitrogens with one attached hydrogen (secondary N) is 1. The van der Waals surface area contributed by atoms with Crippen LogP contribution in [0.5, 0.6) is 0 Å². The number of hydrogen-bond donors (Lipinski definition) is 2. The molecule has 5 heteroatoms. The Morgan fingerprint density at radius 2 is 2.12 bits per heavy atom. The van der Waals surface area contributed by atoms with Gasteiger partial charge in [0.15, 0.2) is 6.10 Å². The molecule has 0 bridgehead atoms. The zero-order chi connectivity index (χ0) is 12.3. The molecule has 17 heavy (non-hydrogen) atoms. The molecule has 0 amide bonds. The second kappa shape index (κ2) is 5.38. The highest BCUT2D eigenvalue weighted by Gasteiger charge is 2.29. The van der Waals surface area contributed by atoms with E-state index in [4.69, 9.17) is 21.4 Å². The molecule has 2 N–H and O–H groups in total. The highest BCUT2D eigenvalue weighted by atomic mass is 35.5. The van der Waals surface area contributed by atoms with E-state index in [1.54, 1.807) is 12.1 Å². The van der Waals surface area contributed by atoms with Crippen molar-refractivity contribution in [1.29, 1.82) is 0 Å². The summed E-state index contributed by atoms with van der Waals surface area (Å²) in [7, 11) is 0. The molecule has 1 aliphatic heterocycles. The highest BCUT2D eigenvalue weighted by Crippen LogP contribution is 2.21. The van der Waals surface area contributed by atoms with E-state index in [9.17, 15) is 4.79 Å². The number of carbonyl (C=O) groups is 1. The van der Waals surface area contributed by atoms with Gasteiger partial charge in [0.2, 0.25) is 0 Å². The number of ether oxygens (including phenoxy) is 1. The summed E-state index contributed by atoms with van der Waals surface area (Å²) < 4.78 is 5.38. The van der Waals surface area contributed by atoms with Crippen LogP contribution in [-0.4, -0.2) is 29.8 Å². The van der Waals surface area contributed by atoms with Crippen LogP contribution in [0.2, 0.25) is 5.02 Å². The topological polar surface area (TPSA) is 58.6 Å². The fourth-order valence-electron chi connectivity index (χ4n) is 1.84. The van der Waals surface area contributed by atoms with Gasteiger partial charge in [-0.15, -0.1) is 0 Å². The van der Waals surface area contributed by atoms with E-state index in [-0.39, 0.29) is 6.10 Å². The summed E-state index contributed by atoms with van der Waals surface area (Å²) in [6.45, 7) is 0.616. The second-order valence-corrected chi connectivity index (χ2v) is 4.49. The van der Waals surface area contributed by atoms with Gasteiger partial charge >= 0.3 is 5.97 Å². The highest BCUT2D eigenvalue weighted by molar-refractivity contribution is 6.30. The van der Waals surface area contributed by atoms with Crippen LogP contribution in [0.4, 0.5) is 5.69 Å². The first-order chi connectivity index (χ1) is 8.15. The van der Waals surface area contributed by atoms with Crippen LogP contribution >= 0.6 is 11.6 Å². The van der Waals surface area contributed by atoms with Crippen LogP contribution in [0.25, 0.3) is 0 Å². The molecule has 0 saturated carbocycles. The maximum Gasteiger partial charge on any atom is 0.332 e. The van der Waals surface area contributed by atoms with Gasteiger partial charge in [-0.3, -0.25) is 0 Å². The average molecular weight is 256 g/mol. The van der Waals surface area contributed by atoms with E-state index in [1.807, 2.05) is 12.1 Å². The summed E-state index contributed by atoms with van der Waals surface area (Å²) in [6, 6.07) is 7.37. The lowest BCUT2D eigenvalue weighted by atomic mass is 10.2. The van der Waals surface area contributed by atoms with E-state index >= 15 is 0 Å². The number of hydrogen-bond acceptors (Lipinski definition) is 3. The van der Waals surface area contributed by atoms with Gasteiger partial charge in [-0.2, -0.15) is 0 Å². The van der Waals surface area contributed by atoms with Crippen molar-refractivity contribution >= 4 is 23.3 Å². The van der Waals surface area contributed by atoms with Crippen LogP contribution in [0.1, 0.15) is 12.8 Å². The van der Waals surface area contributed by atoms with Crippen molar-refractivity contribution in [2.75, 3.05) is 11.9 Å². The van der Waals surface area contributed by atoms with E-state index < -0.39 is 12.1 Å². The zero-order valence-corrected chi connectivity index (χ0v) is 9.98. The van der Waals surface area contributed by atoms with E-state index in [1.165, 1.54) is 0 Å². The summed E-state index contributed by atoms with van der Waals surface area (Å²) >= 11 is 5.78. The first-order valence-electron chi connectivity index (χ1n) is 5.53. The van der Waals surface area contributed by atoms with E-state index in [2.05, 4.69) is 5.32 Å². The standard InChI is InChI=1S/C12H14ClNO3/c13-8-1-3-9(4-2-8)14-7-10-5-6-11(17-10)12(15)16/h1-4,10-11,14H,5-7H2,(H,15,16). The van der Waals surface area contributed by atoms with E-state index in [0.29, 0.717) is 18.0 Å². The van der Waals surface area contributed by atoms with Crippen molar-refractivity contribution in [2.24, 2.45) is 0 Å². The van der Waals surface area contributed by atoms with Crippen LogP contribution in [0, 0.1) is 0 Å². The molecule has 0 spiro atoms. The van der Waals surface area contributed by atoms with Gasteiger partial charge in [0.25, 0.3) is 0 Å². The van der Waals surface area contributed by atoms with Crippen molar-refractivity contribution in [3.05, 3.63) is 29.3 Å². The molecular weight excluding hydrogens is 242 g/mol. The lowest BCUT2D eigenvalue weighted by molar-refractivity contribution is -0.149. The maximum atomic E-state index is 10.7. The molecule has 2 rings (SSSR count). The van der Waals surface area contributed by atoms with Crippen molar-refractivity contribution in [2.45, 2.75) is 25.0 Å². The summed E-state index contributed by atoms with van der Waals surface area (Å²) in [5, 5.41) is 12.7. The first-order valence-corrected chi connectivity index (χ1v) is 5.90. The Balaban J connectivity index is 1.80. The van der Waals surface area contributed by atoms with Crippen LogP contribution in [-0.2, 0) is 9.53 Å². The van der Waals surface area contributed by atoms with Crippen LogP contribution in [0.15, 0.2) is 24.3 Å². The smallest absolute Gasteiger partial charge is 0.332 e. The Hall–Kier alpha value is -1.26. The Morgan fingerprint density at radius 1 is 1.41 bits per heavy atom. The fraction of sp³-hybridized carbons (Fsp3) is 0.417. The van der Waals surface area contributed by atoms with Gasteiger partial charge in [0.05, 0.1) is 6.10 Å². The molecule has 0 aliphatic carbocycles. The molecule has 1 fully saturated rings. The Labute approximate surface area is 105 Å². The largest absolute Gasteiger partial charge is 0.479 e. The minimum Gasteiger partial charge on any atom is -0.479 e. The van der Waals surface area contributed by atoms with Gasteiger partial charge < -0.3 is 15.2 Å². The molecule has 4 nitrogen and oxygen atoms in total. The molecule has 0 radical (unpaired) electrons. The van der Waals surface area contributed by atoms with Gasteiger partial charge in [0.1, 0.15) is 0 Å². The van der Waals surface area contributed by atoms with Crippen molar-refractivity contribution in [3.63, 3.8) is 0 Å². The minimum atomic E-state index is -0.876. The third kappa shape index (κ3) is 3.35. The monoisotopic (exact) mass is 255 g/mol. The molecule has 1 saturated heterocycles. The lowest BCUT2D eigenvalue weighted by Crippen LogP contribution is -2.24. The van der Waals surface area contributed by atoms with Gasteiger partial charge in [-0.1, -0.05) is 11.6 Å². The molecule has 0 aromatic heterocycles. The zero-order valence-electron chi connectivity index (χ0n) is 9.23. The third-order valence-corrected chi connectivity index (χ3v) is 3.01. The molecule has 1 aromatic rings. The number of rotatable bonds is 4. The number of carboxylic acids is 1. The number of anilines is 1. The summed E-state index contributed by atoms with van der Waals surface area (Å²) in [6.07, 6.45) is 0.679. The summed E-state index contributed by atoms with van der Waals surface area (Å²) in [4.78, 5) is 10.7. The van der Waals surface area contributed by atoms with Crippen molar-refractivity contribution in [1.82, 2.24) is 0 Å². The van der Waals surface area contributed by atoms with Gasteiger partial charge in [-0.25, -0.2) is 4.79 Å². The predicted molar refractivity (Wildman–Crippen MR) is 65.5 cm³/mol. The number of halogens is 1. The predicted octanol–water partition coefficient (Wildman–Crippen LogP) is 2.38. The van der Waals surface area contributed by atoms with Crippen LogP contribution in [0.3, 0.4) is 0 Å². The number of aliphatic carboxylic acids is 1. The Morgan fingerprint density at radius 3 is 2.71 bits per heavy atom. The summed E-state index contributed by atoms with van der Waals surface area (Å²) in [5.41, 5.74) is 0.955. The average Bonchev–Trinajstić information content (AvgIpc) is 2.77. The molecule has 1 aromatic carbocycles. The normalized spacial score (nSPS) is 23.6. The van der Waals surface area contributed by atoms with Gasteiger partial charge in [-0.05, 0) is 37.1 Å². The first kappa shape index (κ1) is 12.2. The molecule has 1 aliphatic rings. The molecule has 2 atom stereocenters. The molecule has 92 valence electrons. The number of carboxylic acid groups (broad SMARTS) is 1.